The number of aryl methyl sites for hydroxylation is 2. The standard InChI is InChI=1S/C17H21N3O3/c1-12-8-14(13(2)22-12)9-19-17(21)20-7-5-16(11-20)23-15-4-3-6-18-10-15/h3-4,6,8,10,16H,5,7,9,11H2,1-2H3,(H,19,21)/t16-/m1/s1. The van der Waals surface area contributed by atoms with Crippen LogP contribution in [0.4, 0.5) is 4.79 Å². The maximum absolute atomic E-state index is 12.3. The molecule has 0 bridgehead atoms. The van der Waals surface area contributed by atoms with Crippen LogP contribution in [0.3, 0.4) is 0 Å². The molecule has 1 saturated heterocycles. The van der Waals surface area contributed by atoms with Gasteiger partial charge < -0.3 is 19.4 Å². The first-order chi connectivity index (χ1) is 11.1. The summed E-state index contributed by atoms with van der Waals surface area (Å²) in [7, 11) is 0. The number of nitrogens with one attached hydrogen (secondary N) is 1. The van der Waals surface area contributed by atoms with E-state index in [-0.39, 0.29) is 12.1 Å². The molecule has 1 N–H and O–H groups in total. The van der Waals surface area contributed by atoms with Gasteiger partial charge >= 0.3 is 6.03 Å². The number of hydrogen-bond donors (Lipinski definition) is 1. The Kier molecular flexibility index (Phi) is 4.50. The molecule has 0 saturated carbocycles. The van der Waals surface area contributed by atoms with Crippen LogP contribution in [0.25, 0.3) is 0 Å². The molecule has 2 aromatic heterocycles. The van der Waals surface area contributed by atoms with Gasteiger partial charge in [0.1, 0.15) is 23.4 Å². The van der Waals surface area contributed by atoms with Crippen molar-refractivity contribution in [2.45, 2.75) is 32.9 Å². The number of amides is 2. The van der Waals surface area contributed by atoms with Gasteiger partial charge in [-0.3, -0.25) is 4.98 Å². The average molecular weight is 315 g/mol. The molecule has 1 aliphatic rings. The summed E-state index contributed by atoms with van der Waals surface area (Å²) in [5.41, 5.74) is 1.01. The van der Waals surface area contributed by atoms with E-state index < -0.39 is 0 Å². The number of pyridine rings is 1. The second-order valence-corrected chi connectivity index (χ2v) is 5.76. The number of urea groups is 1. The molecule has 3 rings (SSSR count). The first kappa shape index (κ1) is 15.4. The summed E-state index contributed by atoms with van der Waals surface area (Å²) in [4.78, 5) is 18.1. The largest absolute Gasteiger partial charge is 0.487 e. The Labute approximate surface area is 135 Å². The second-order valence-electron chi connectivity index (χ2n) is 5.76. The lowest BCUT2D eigenvalue weighted by atomic mass is 10.2. The lowest BCUT2D eigenvalue weighted by Gasteiger charge is -2.17. The lowest BCUT2D eigenvalue weighted by Crippen LogP contribution is -2.39. The van der Waals surface area contributed by atoms with E-state index in [1.165, 1.54) is 0 Å². The van der Waals surface area contributed by atoms with Gasteiger partial charge in [-0.05, 0) is 32.0 Å². The summed E-state index contributed by atoms with van der Waals surface area (Å²) in [6.45, 7) is 5.57. The van der Waals surface area contributed by atoms with Gasteiger partial charge in [0.25, 0.3) is 0 Å². The molecule has 1 atom stereocenters. The van der Waals surface area contributed by atoms with Gasteiger partial charge in [0.05, 0.1) is 12.7 Å². The number of likely N-dealkylation sites (tertiary alicyclic amines) is 1. The molecular formula is C17H21N3O3. The molecule has 0 aliphatic carbocycles. The summed E-state index contributed by atoms with van der Waals surface area (Å²) >= 11 is 0. The lowest BCUT2D eigenvalue weighted by molar-refractivity contribution is 0.186. The smallest absolute Gasteiger partial charge is 0.317 e. The number of rotatable bonds is 4. The monoisotopic (exact) mass is 315 g/mol. The molecule has 122 valence electrons. The summed E-state index contributed by atoms with van der Waals surface area (Å²) in [6.07, 6.45) is 4.24. The topological polar surface area (TPSA) is 67.6 Å². The van der Waals surface area contributed by atoms with Gasteiger partial charge in [0.15, 0.2) is 0 Å². The minimum absolute atomic E-state index is 0.0165. The normalized spacial score (nSPS) is 17.3. The number of furan rings is 1. The molecule has 1 fully saturated rings. The third-order valence-electron chi connectivity index (χ3n) is 3.94. The zero-order chi connectivity index (χ0) is 16.2. The molecule has 6 heteroatoms. The number of carbonyl (C=O) groups is 1. The van der Waals surface area contributed by atoms with Crippen LogP contribution < -0.4 is 10.1 Å². The molecular weight excluding hydrogens is 294 g/mol. The fourth-order valence-electron chi connectivity index (χ4n) is 2.76. The maximum Gasteiger partial charge on any atom is 0.317 e. The van der Waals surface area contributed by atoms with Gasteiger partial charge in [-0.2, -0.15) is 0 Å². The van der Waals surface area contributed by atoms with Crippen molar-refractivity contribution in [3.8, 4) is 5.75 Å². The quantitative estimate of drug-likeness (QED) is 0.942. The van der Waals surface area contributed by atoms with E-state index in [4.69, 9.17) is 9.15 Å². The van der Waals surface area contributed by atoms with Gasteiger partial charge in [-0.1, -0.05) is 0 Å². The number of nitrogens with zero attached hydrogens (tertiary/aromatic N) is 2. The Hall–Kier alpha value is -2.50. The first-order valence-corrected chi connectivity index (χ1v) is 7.77. The number of aromatic nitrogens is 1. The van der Waals surface area contributed by atoms with Crippen LogP contribution in [0, 0.1) is 13.8 Å². The van der Waals surface area contributed by atoms with Crippen molar-refractivity contribution in [1.29, 1.82) is 0 Å². The van der Waals surface area contributed by atoms with Crippen LogP contribution in [0.2, 0.25) is 0 Å². The van der Waals surface area contributed by atoms with Crippen molar-refractivity contribution in [3.63, 3.8) is 0 Å². The molecule has 3 heterocycles. The van der Waals surface area contributed by atoms with Gasteiger partial charge in [-0.25, -0.2) is 4.79 Å². The fraction of sp³-hybridized carbons (Fsp3) is 0.412. The number of ether oxygens (including phenoxy) is 1. The Bertz CT molecular complexity index is 669. The van der Waals surface area contributed by atoms with E-state index in [1.807, 2.05) is 32.0 Å². The molecule has 0 aromatic carbocycles. The van der Waals surface area contributed by atoms with E-state index in [9.17, 15) is 4.79 Å². The Balaban J connectivity index is 1.48. The van der Waals surface area contributed by atoms with Crippen molar-refractivity contribution >= 4 is 6.03 Å². The zero-order valence-electron chi connectivity index (χ0n) is 13.4. The Morgan fingerprint density at radius 3 is 3.09 bits per heavy atom. The third-order valence-corrected chi connectivity index (χ3v) is 3.94. The minimum Gasteiger partial charge on any atom is -0.487 e. The maximum atomic E-state index is 12.3. The van der Waals surface area contributed by atoms with E-state index in [2.05, 4.69) is 10.3 Å². The first-order valence-electron chi connectivity index (χ1n) is 7.77. The van der Waals surface area contributed by atoms with E-state index in [0.717, 1.165) is 29.3 Å². The molecule has 23 heavy (non-hydrogen) atoms. The summed E-state index contributed by atoms with van der Waals surface area (Å²) in [6, 6.07) is 5.60. The van der Waals surface area contributed by atoms with Crippen molar-refractivity contribution in [3.05, 3.63) is 47.7 Å². The van der Waals surface area contributed by atoms with Crippen LogP contribution in [-0.4, -0.2) is 35.1 Å². The van der Waals surface area contributed by atoms with E-state index >= 15 is 0 Å². The highest BCUT2D eigenvalue weighted by Gasteiger charge is 2.27. The third kappa shape index (κ3) is 3.83. The molecule has 2 aromatic rings. The molecule has 0 radical (unpaired) electrons. The zero-order valence-corrected chi connectivity index (χ0v) is 13.4. The van der Waals surface area contributed by atoms with E-state index in [0.29, 0.717) is 19.6 Å². The average Bonchev–Trinajstić information content (AvgIpc) is 3.12. The fourth-order valence-corrected chi connectivity index (χ4v) is 2.76. The predicted octanol–water partition coefficient (Wildman–Crippen LogP) is 2.65. The van der Waals surface area contributed by atoms with E-state index in [1.54, 1.807) is 17.3 Å². The summed E-state index contributed by atoms with van der Waals surface area (Å²) < 4.78 is 11.3. The SMILES string of the molecule is Cc1cc(CNC(=O)N2CC[C@@H](Oc3cccnc3)C2)c(C)o1. The van der Waals surface area contributed by atoms with Gasteiger partial charge in [0.2, 0.25) is 0 Å². The van der Waals surface area contributed by atoms with Crippen LogP contribution in [0.1, 0.15) is 23.5 Å². The van der Waals surface area contributed by atoms with Crippen LogP contribution in [0.5, 0.6) is 5.75 Å². The van der Waals surface area contributed by atoms with Gasteiger partial charge in [0, 0.05) is 31.3 Å². The molecule has 0 spiro atoms. The van der Waals surface area contributed by atoms with Crippen molar-refractivity contribution in [1.82, 2.24) is 15.2 Å². The summed E-state index contributed by atoms with van der Waals surface area (Å²) in [5, 5.41) is 2.94. The molecule has 2 amide bonds. The highest BCUT2D eigenvalue weighted by atomic mass is 16.5. The Morgan fingerprint density at radius 2 is 2.39 bits per heavy atom. The highest BCUT2D eigenvalue weighted by molar-refractivity contribution is 5.74. The molecule has 0 unspecified atom stereocenters. The minimum atomic E-state index is -0.0689. The van der Waals surface area contributed by atoms with Crippen LogP contribution in [-0.2, 0) is 6.54 Å². The highest BCUT2D eigenvalue weighted by Crippen LogP contribution is 2.18. The summed E-state index contributed by atoms with van der Waals surface area (Å²) in [5.74, 6) is 2.45. The van der Waals surface area contributed by atoms with Crippen molar-refractivity contribution in [2.75, 3.05) is 13.1 Å². The van der Waals surface area contributed by atoms with Crippen molar-refractivity contribution in [2.24, 2.45) is 0 Å². The number of carbonyl (C=O) groups excluding carboxylic acids is 1. The number of hydrogen-bond acceptors (Lipinski definition) is 4. The van der Waals surface area contributed by atoms with Crippen LogP contribution >= 0.6 is 0 Å². The Morgan fingerprint density at radius 1 is 1.52 bits per heavy atom. The molecule has 6 nitrogen and oxygen atoms in total. The van der Waals surface area contributed by atoms with Gasteiger partial charge in [-0.15, -0.1) is 0 Å². The molecule has 1 aliphatic heterocycles. The van der Waals surface area contributed by atoms with Crippen molar-refractivity contribution < 1.29 is 13.9 Å². The second kappa shape index (κ2) is 6.73. The van der Waals surface area contributed by atoms with Crippen LogP contribution in [0.15, 0.2) is 35.0 Å². The predicted molar refractivity (Wildman–Crippen MR) is 85.3 cm³/mol.